The van der Waals surface area contributed by atoms with E-state index in [4.69, 9.17) is 0 Å². The van der Waals surface area contributed by atoms with Crippen molar-refractivity contribution in [1.82, 2.24) is 10.2 Å². The maximum Gasteiger partial charge on any atom is 0.159 e. The number of piperidine rings is 1. The predicted octanol–water partition coefficient (Wildman–Crippen LogP) is 3.13. The molecule has 1 aliphatic heterocycles. The Kier molecular flexibility index (Phi) is 3.22. The molecule has 0 unspecified atom stereocenters. The minimum atomic E-state index is 1.03. The molecule has 0 spiro atoms. The van der Waals surface area contributed by atoms with Crippen LogP contribution in [0.3, 0.4) is 0 Å². The third-order valence-corrected chi connectivity index (χ3v) is 3.44. The Bertz CT molecular complexity index is 504. The molecule has 3 nitrogen and oxygen atoms in total. The lowest BCUT2D eigenvalue weighted by atomic mass is 10.1. The zero-order valence-corrected chi connectivity index (χ0v) is 10.4. The van der Waals surface area contributed by atoms with Crippen molar-refractivity contribution in [2.75, 3.05) is 18.0 Å². The number of nitrogens with zero attached hydrogens (tertiary/aromatic N) is 3. The monoisotopic (exact) mass is 239 g/mol. The average molecular weight is 239 g/mol. The summed E-state index contributed by atoms with van der Waals surface area (Å²) in [7, 11) is 0. The van der Waals surface area contributed by atoms with Crippen molar-refractivity contribution in [1.29, 1.82) is 0 Å². The van der Waals surface area contributed by atoms with Gasteiger partial charge in [-0.2, -0.15) is 5.10 Å². The third kappa shape index (κ3) is 2.21. The summed E-state index contributed by atoms with van der Waals surface area (Å²) < 4.78 is 0. The summed E-state index contributed by atoms with van der Waals surface area (Å²) in [5, 5.41) is 8.41. The summed E-state index contributed by atoms with van der Waals surface area (Å²) in [5.41, 5.74) is 2.40. The summed E-state index contributed by atoms with van der Waals surface area (Å²) in [6.45, 7) is 2.19. The number of benzene rings is 1. The fraction of sp³-hybridized carbons (Fsp3) is 0.333. The van der Waals surface area contributed by atoms with E-state index < -0.39 is 0 Å². The van der Waals surface area contributed by atoms with Gasteiger partial charge in [0.15, 0.2) is 5.82 Å². The molecule has 92 valence electrons. The first-order valence-electron chi connectivity index (χ1n) is 6.57. The van der Waals surface area contributed by atoms with E-state index in [1.807, 2.05) is 6.07 Å². The van der Waals surface area contributed by atoms with Crippen molar-refractivity contribution in [2.24, 2.45) is 0 Å². The summed E-state index contributed by atoms with van der Waals surface area (Å²) >= 11 is 0. The first-order chi connectivity index (χ1) is 8.95. The zero-order chi connectivity index (χ0) is 12.2. The molecule has 1 fully saturated rings. The molecule has 0 bridgehead atoms. The highest BCUT2D eigenvalue weighted by atomic mass is 15.3. The van der Waals surface area contributed by atoms with Crippen LogP contribution in [0, 0.1) is 0 Å². The lowest BCUT2D eigenvalue weighted by Crippen LogP contribution is -2.30. The second-order valence-corrected chi connectivity index (χ2v) is 4.68. The van der Waals surface area contributed by atoms with E-state index in [-0.39, 0.29) is 0 Å². The minimum Gasteiger partial charge on any atom is -0.355 e. The van der Waals surface area contributed by atoms with E-state index in [1.165, 1.54) is 30.4 Å². The Hall–Kier alpha value is -1.90. The van der Waals surface area contributed by atoms with Crippen molar-refractivity contribution in [3.8, 4) is 11.1 Å². The van der Waals surface area contributed by atoms with E-state index in [0.29, 0.717) is 0 Å². The fourth-order valence-electron chi connectivity index (χ4n) is 2.51. The van der Waals surface area contributed by atoms with Gasteiger partial charge in [-0.1, -0.05) is 30.3 Å². The van der Waals surface area contributed by atoms with Crippen molar-refractivity contribution in [3.05, 3.63) is 42.6 Å². The van der Waals surface area contributed by atoms with Crippen LogP contribution >= 0.6 is 0 Å². The third-order valence-electron chi connectivity index (χ3n) is 3.44. The Balaban J connectivity index is 1.99. The van der Waals surface area contributed by atoms with E-state index in [0.717, 1.165) is 18.9 Å². The Morgan fingerprint density at radius 3 is 2.44 bits per heavy atom. The number of rotatable bonds is 2. The van der Waals surface area contributed by atoms with Gasteiger partial charge in [-0.05, 0) is 30.9 Å². The zero-order valence-electron chi connectivity index (χ0n) is 10.4. The van der Waals surface area contributed by atoms with Gasteiger partial charge in [0.05, 0.1) is 6.20 Å². The number of anilines is 1. The van der Waals surface area contributed by atoms with Gasteiger partial charge in [-0.3, -0.25) is 0 Å². The highest BCUT2D eigenvalue weighted by molar-refractivity contribution is 5.75. The van der Waals surface area contributed by atoms with Crippen LogP contribution in [0.2, 0.25) is 0 Å². The average Bonchev–Trinajstić information content (AvgIpc) is 2.49. The fourth-order valence-corrected chi connectivity index (χ4v) is 2.51. The number of hydrogen-bond donors (Lipinski definition) is 0. The molecule has 1 aromatic carbocycles. The van der Waals surface area contributed by atoms with Gasteiger partial charge in [0.1, 0.15) is 0 Å². The predicted molar refractivity (Wildman–Crippen MR) is 73.5 cm³/mol. The van der Waals surface area contributed by atoms with Crippen LogP contribution < -0.4 is 4.90 Å². The highest BCUT2D eigenvalue weighted by Crippen LogP contribution is 2.29. The highest BCUT2D eigenvalue weighted by Gasteiger charge is 2.16. The maximum absolute atomic E-state index is 4.35. The molecule has 0 radical (unpaired) electrons. The van der Waals surface area contributed by atoms with Crippen molar-refractivity contribution < 1.29 is 0 Å². The van der Waals surface area contributed by atoms with Crippen molar-refractivity contribution >= 4 is 5.82 Å². The van der Waals surface area contributed by atoms with Gasteiger partial charge in [0.2, 0.25) is 0 Å². The van der Waals surface area contributed by atoms with Gasteiger partial charge < -0.3 is 4.90 Å². The summed E-state index contributed by atoms with van der Waals surface area (Å²) in [6, 6.07) is 12.5. The lowest BCUT2D eigenvalue weighted by molar-refractivity contribution is 0.571. The van der Waals surface area contributed by atoms with Crippen LogP contribution in [0.5, 0.6) is 0 Å². The van der Waals surface area contributed by atoms with Crippen molar-refractivity contribution in [2.45, 2.75) is 19.3 Å². The molecule has 3 rings (SSSR count). The molecule has 0 aliphatic carbocycles. The quantitative estimate of drug-likeness (QED) is 0.806. The van der Waals surface area contributed by atoms with Gasteiger partial charge in [0.25, 0.3) is 0 Å². The van der Waals surface area contributed by atoms with Gasteiger partial charge in [-0.15, -0.1) is 5.10 Å². The molecule has 1 aliphatic rings. The Morgan fingerprint density at radius 2 is 1.67 bits per heavy atom. The molecule has 18 heavy (non-hydrogen) atoms. The van der Waals surface area contributed by atoms with Crippen LogP contribution in [0.25, 0.3) is 11.1 Å². The van der Waals surface area contributed by atoms with Crippen LogP contribution in [-0.2, 0) is 0 Å². The molecule has 0 amide bonds. The lowest BCUT2D eigenvalue weighted by Gasteiger charge is -2.28. The second-order valence-electron chi connectivity index (χ2n) is 4.68. The largest absolute Gasteiger partial charge is 0.355 e. The van der Waals surface area contributed by atoms with E-state index in [1.54, 1.807) is 6.20 Å². The van der Waals surface area contributed by atoms with Gasteiger partial charge in [0, 0.05) is 18.7 Å². The Morgan fingerprint density at radius 1 is 0.889 bits per heavy atom. The minimum absolute atomic E-state index is 1.03. The van der Waals surface area contributed by atoms with Crippen LogP contribution in [0.1, 0.15) is 19.3 Å². The van der Waals surface area contributed by atoms with Crippen molar-refractivity contribution in [3.63, 3.8) is 0 Å². The van der Waals surface area contributed by atoms with E-state index in [2.05, 4.69) is 45.4 Å². The first-order valence-corrected chi connectivity index (χ1v) is 6.57. The molecule has 2 heterocycles. The molecule has 0 N–H and O–H groups in total. The van der Waals surface area contributed by atoms with Gasteiger partial charge >= 0.3 is 0 Å². The van der Waals surface area contributed by atoms with Gasteiger partial charge in [-0.25, -0.2) is 0 Å². The van der Waals surface area contributed by atoms with E-state index in [9.17, 15) is 0 Å². The molecule has 2 aromatic rings. The summed E-state index contributed by atoms with van der Waals surface area (Å²) in [4.78, 5) is 2.36. The maximum atomic E-state index is 4.35. The normalized spacial score (nSPS) is 15.7. The Labute approximate surface area is 107 Å². The molecular weight excluding hydrogens is 222 g/mol. The first kappa shape index (κ1) is 11.2. The summed E-state index contributed by atoms with van der Waals surface area (Å²) in [6.07, 6.45) is 5.61. The smallest absolute Gasteiger partial charge is 0.159 e. The van der Waals surface area contributed by atoms with Crippen LogP contribution in [0.15, 0.2) is 42.6 Å². The van der Waals surface area contributed by atoms with Crippen LogP contribution in [-0.4, -0.2) is 23.3 Å². The molecule has 0 atom stereocenters. The molecule has 1 aromatic heterocycles. The topological polar surface area (TPSA) is 29.0 Å². The van der Waals surface area contributed by atoms with E-state index >= 15 is 0 Å². The molecular formula is C15H17N3. The standard InChI is InChI=1S/C15H17N3/c1-3-7-13(8-4-1)14-9-10-16-17-15(14)18-11-5-2-6-12-18/h1,3-4,7-10H,2,5-6,11-12H2. The second kappa shape index (κ2) is 5.17. The van der Waals surface area contributed by atoms with Crippen LogP contribution in [0.4, 0.5) is 5.82 Å². The number of aromatic nitrogens is 2. The molecule has 0 saturated carbocycles. The number of hydrogen-bond acceptors (Lipinski definition) is 3. The SMILES string of the molecule is c1ccc(-c2ccnnc2N2CCCCC2)cc1. The summed E-state index contributed by atoms with van der Waals surface area (Å²) in [5.74, 6) is 1.03. The molecule has 3 heteroatoms. The molecule has 1 saturated heterocycles.